The Morgan fingerprint density at radius 1 is 1.13 bits per heavy atom. The van der Waals surface area contributed by atoms with Gasteiger partial charge in [-0.3, -0.25) is 9.78 Å². The highest BCUT2D eigenvalue weighted by Crippen LogP contribution is 2.33. The van der Waals surface area contributed by atoms with Gasteiger partial charge in [-0.15, -0.1) is 5.10 Å². The number of fused-ring (bicyclic) bond motifs is 1. The lowest BCUT2D eigenvalue weighted by molar-refractivity contribution is 0.0662. The number of pyridine rings is 1. The van der Waals surface area contributed by atoms with Gasteiger partial charge >= 0.3 is 0 Å². The molecule has 0 saturated carbocycles. The Morgan fingerprint density at radius 2 is 2.00 bits per heavy atom. The normalized spacial score (nSPS) is 15.5. The third kappa shape index (κ3) is 3.62. The molecule has 154 valence electrons. The molecule has 5 rings (SSSR count). The van der Waals surface area contributed by atoms with Gasteiger partial charge in [-0.2, -0.15) is 0 Å². The molecule has 1 aliphatic rings. The average Bonchev–Trinajstić information content (AvgIpc) is 3.28. The number of hydrogen-bond acceptors (Lipinski definition) is 5. The van der Waals surface area contributed by atoms with Crippen molar-refractivity contribution in [3.8, 4) is 5.69 Å². The number of carbonyl (C=O) groups is 1. The smallest absolute Gasteiger partial charge is 0.258 e. The van der Waals surface area contributed by atoms with E-state index in [2.05, 4.69) is 20.6 Å². The van der Waals surface area contributed by atoms with E-state index in [9.17, 15) is 9.18 Å². The molecule has 1 N–H and O–H groups in total. The van der Waals surface area contributed by atoms with Crippen LogP contribution in [-0.4, -0.2) is 30.8 Å². The van der Waals surface area contributed by atoms with Crippen molar-refractivity contribution in [1.29, 1.82) is 0 Å². The molecule has 2 aromatic heterocycles. The number of hydrogen-bond donors (Lipinski definition) is 1. The molecule has 0 spiro atoms. The average molecular weight is 435 g/mol. The number of benzene rings is 2. The van der Waals surface area contributed by atoms with Gasteiger partial charge in [0.15, 0.2) is 0 Å². The van der Waals surface area contributed by atoms with Crippen LogP contribution >= 0.6 is 11.6 Å². The molecule has 0 saturated heterocycles. The predicted octanol–water partition coefficient (Wildman–Crippen LogP) is 4.22. The van der Waals surface area contributed by atoms with Crippen molar-refractivity contribution in [3.05, 3.63) is 101 Å². The first kappa shape index (κ1) is 19.2. The molecule has 7 nitrogen and oxygen atoms in total. The number of anilines is 1. The van der Waals surface area contributed by atoms with Gasteiger partial charge in [0.1, 0.15) is 17.7 Å². The fraction of sp³-hybridized carbons (Fsp3) is 0.0909. The summed E-state index contributed by atoms with van der Waals surface area (Å²) in [4.78, 5) is 19.1. The number of aromatic nitrogens is 4. The van der Waals surface area contributed by atoms with E-state index in [1.807, 2.05) is 30.3 Å². The summed E-state index contributed by atoms with van der Waals surface area (Å²) >= 11 is 5.90. The summed E-state index contributed by atoms with van der Waals surface area (Å²) in [6.45, 7) is 0.341. The molecule has 1 atom stereocenters. The molecule has 3 heterocycles. The first-order chi connectivity index (χ1) is 15.1. The molecule has 1 amide bonds. The minimum Gasteiger partial charge on any atom is -0.359 e. The minimum absolute atomic E-state index is 0.00680. The van der Waals surface area contributed by atoms with E-state index in [4.69, 9.17) is 11.6 Å². The molecule has 0 fully saturated rings. The Kier molecular flexibility index (Phi) is 4.83. The molecule has 2 aromatic carbocycles. The minimum atomic E-state index is -0.549. The van der Waals surface area contributed by atoms with Gasteiger partial charge < -0.3 is 10.2 Å². The van der Waals surface area contributed by atoms with Crippen LogP contribution < -0.4 is 5.32 Å². The van der Waals surface area contributed by atoms with Gasteiger partial charge in [-0.1, -0.05) is 35.0 Å². The lowest BCUT2D eigenvalue weighted by atomic mass is 10.1. The van der Waals surface area contributed by atoms with Gasteiger partial charge in [0.2, 0.25) is 0 Å². The largest absolute Gasteiger partial charge is 0.359 e. The van der Waals surface area contributed by atoms with Gasteiger partial charge in [0.25, 0.3) is 5.91 Å². The van der Waals surface area contributed by atoms with E-state index in [1.54, 1.807) is 35.6 Å². The summed E-state index contributed by atoms with van der Waals surface area (Å²) in [5.41, 5.74) is 3.29. The van der Waals surface area contributed by atoms with Crippen molar-refractivity contribution in [2.75, 3.05) is 5.32 Å². The van der Waals surface area contributed by atoms with E-state index in [1.165, 1.54) is 16.8 Å². The Bertz CT molecular complexity index is 1260. The fourth-order valence-electron chi connectivity index (χ4n) is 3.53. The standard InChI is InChI=1S/C22H16ClFN6O/c23-17-10-15(7-8-18(17)24)30-13-20(27-28-30)21-26-19-6-2-1-5-16(19)22(31)29(21)12-14-4-3-9-25-11-14/h1-11,13,21,26H,12H2. The van der Waals surface area contributed by atoms with Crippen molar-refractivity contribution in [3.63, 3.8) is 0 Å². The van der Waals surface area contributed by atoms with Crippen molar-refractivity contribution >= 4 is 23.2 Å². The van der Waals surface area contributed by atoms with E-state index >= 15 is 0 Å². The number of nitrogens with one attached hydrogen (secondary N) is 1. The maximum absolute atomic E-state index is 13.5. The Morgan fingerprint density at radius 3 is 2.81 bits per heavy atom. The summed E-state index contributed by atoms with van der Waals surface area (Å²) in [6.07, 6.45) is 4.56. The summed E-state index contributed by atoms with van der Waals surface area (Å²) in [5, 5.41) is 11.8. The van der Waals surface area contributed by atoms with E-state index in [-0.39, 0.29) is 10.9 Å². The zero-order valence-electron chi connectivity index (χ0n) is 16.1. The molecule has 31 heavy (non-hydrogen) atoms. The third-order valence-electron chi connectivity index (χ3n) is 5.06. The highest BCUT2D eigenvalue weighted by atomic mass is 35.5. The SMILES string of the molecule is O=C1c2ccccc2NC(c2cn(-c3ccc(F)c(Cl)c3)nn2)N1Cc1cccnc1. The van der Waals surface area contributed by atoms with Crippen molar-refractivity contribution in [2.24, 2.45) is 0 Å². The van der Waals surface area contributed by atoms with Crippen LogP contribution in [-0.2, 0) is 6.54 Å². The molecule has 1 unspecified atom stereocenters. The Balaban J connectivity index is 1.53. The van der Waals surface area contributed by atoms with Crippen LogP contribution in [0.2, 0.25) is 5.02 Å². The van der Waals surface area contributed by atoms with E-state index < -0.39 is 12.0 Å². The van der Waals surface area contributed by atoms with Crippen LogP contribution in [0.4, 0.5) is 10.1 Å². The van der Waals surface area contributed by atoms with Crippen LogP contribution in [0.25, 0.3) is 5.69 Å². The number of halogens is 2. The summed E-state index contributed by atoms with van der Waals surface area (Å²) in [5.74, 6) is -0.632. The van der Waals surface area contributed by atoms with Gasteiger partial charge in [-0.05, 0) is 42.0 Å². The monoisotopic (exact) mass is 434 g/mol. The summed E-state index contributed by atoms with van der Waals surface area (Å²) in [6, 6.07) is 15.4. The molecular weight excluding hydrogens is 419 g/mol. The first-order valence-corrected chi connectivity index (χ1v) is 9.91. The Labute approximate surface area is 182 Å². The molecular formula is C22H16ClFN6O. The van der Waals surface area contributed by atoms with Gasteiger partial charge in [-0.25, -0.2) is 9.07 Å². The molecule has 1 aliphatic heterocycles. The predicted molar refractivity (Wildman–Crippen MR) is 113 cm³/mol. The van der Waals surface area contributed by atoms with E-state index in [0.717, 1.165) is 11.3 Å². The lowest BCUT2D eigenvalue weighted by Crippen LogP contribution is -2.42. The quantitative estimate of drug-likeness (QED) is 0.520. The van der Waals surface area contributed by atoms with Crippen LogP contribution in [0.5, 0.6) is 0 Å². The van der Waals surface area contributed by atoms with Crippen LogP contribution in [0, 0.1) is 5.82 Å². The number of para-hydroxylation sites is 1. The number of nitrogens with zero attached hydrogens (tertiary/aromatic N) is 5. The molecule has 9 heteroatoms. The summed E-state index contributed by atoms with van der Waals surface area (Å²) < 4.78 is 15.0. The second kappa shape index (κ2) is 7.81. The van der Waals surface area contributed by atoms with Crippen LogP contribution in [0.3, 0.4) is 0 Å². The van der Waals surface area contributed by atoms with Crippen molar-refractivity contribution in [1.82, 2.24) is 24.9 Å². The van der Waals surface area contributed by atoms with E-state index in [0.29, 0.717) is 23.5 Å². The topological polar surface area (TPSA) is 75.9 Å². The molecule has 4 aromatic rings. The second-order valence-electron chi connectivity index (χ2n) is 7.07. The second-order valence-corrected chi connectivity index (χ2v) is 7.48. The third-order valence-corrected chi connectivity index (χ3v) is 5.35. The summed E-state index contributed by atoms with van der Waals surface area (Å²) in [7, 11) is 0. The zero-order chi connectivity index (χ0) is 21.4. The van der Waals surface area contributed by atoms with Gasteiger partial charge in [0.05, 0.1) is 22.5 Å². The van der Waals surface area contributed by atoms with Crippen molar-refractivity contribution in [2.45, 2.75) is 12.7 Å². The zero-order valence-corrected chi connectivity index (χ0v) is 16.9. The van der Waals surface area contributed by atoms with Crippen LogP contribution in [0.1, 0.15) is 27.8 Å². The lowest BCUT2D eigenvalue weighted by Gasteiger charge is -2.36. The van der Waals surface area contributed by atoms with Gasteiger partial charge in [0, 0.05) is 24.6 Å². The van der Waals surface area contributed by atoms with Crippen molar-refractivity contribution < 1.29 is 9.18 Å². The number of rotatable bonds is 4. The maximum Gasteiger partial charge on any atom is 0.258 e. The number of amides is 1. The highest BCUT2D eigenvalue weighted by Gasteiger charge is 2.34. The molecule has 0 bridgehead atoms. The Hall–Kier alpha value is -3.78. The maximum atomic E-state index is 13.5. The first-order valence-electron chi connectivity index (χ1n) is 9.53. The number of carbonyl (C=O) groups excluding carboxylic acids is 1. The fourth-order valence-corrected chi connectivity index (χ4v) is 3.71. The van der Waals surface area contributed by atoms with Crippen LogP contribution in [0.15, 0.2) is 73.2 Å². The molecule has 0 radical (unpaired) electrons. The molecule has 0 aliphatic carbocycles. The highest BCUT2D eigenvalue weighted by molar-refractivity contribution is 6.30.